The topological polar surface area (TPSA) is 74.8 Å². The van der Waals surface area contributed by atoms with Gasteiger partial charge in [-0.2, -0.15) is 0 Å². The molecule has 0 bridgehead atoms. The highest BCUT2D eigenvalue weighted by Crippen LogP contribution is 2.23. The Bertz CT molecular complexity index is 785. The van der Waals surface area contributed by atoms with Gasteiger partial charge in [-0.25, -0.2) is 4.98 Å². The third-order valence-electron chi connectivity index (χ3n) is 5.31. The van der Waals surface area contributed by atoms with Gasteiger partial charge in [0.15, 0.2) is 0 Å². The Morgan fingerprint density at radius 1 is 1.13 bits per heavy atom. The van der Waals surface area contributed by atoms with Gasteiger partial charge < -0.3 is 15.0 Å². The zero-order valence-electron chi connectivity index (χ0n) is 17.8. The first-order valence-electron chi connectivity index (χ1n) is 10.8. The fourth-order valence-corrected chi connectivity index (χ4v) is 4.61. The smallest absolute Gasteiger partial charge is 0.234 e. The van der Waals surface area contributed by atoms with E-state index < -0.39 is 0 Å². The molecule has 164 valence electrons. The maximum atomic E-state index is 12.5. The SMILES string of the molecule is COCCCNC(=O)CN1CCN(C(=O)CCCCc2nc3ccccc3s2)CC1. The maximum Gasteiger partial charge on any atom is 0.234 e. The molecular formula is C22H32N4O3S. The number of para-hydroxylation sites is 1. The molecule has 3 rings (SSSR count). The largest absolute Gasteiger partial charge is 0.385 e. The second-order valence-electron chi connectivity index (χ2n) is 7.64. The molecule has 2 aromatic rings. The molecule has 0 aliphatic carbocycles. The average molecular weight is 433 g/mol. The van der Waals surface area contributed by atoms with E-state index in [-0.39, 0.29) is 11.8 Å². The van der Waals surface area contributed by atoms with Crippen LogP contribution in [0.25, 0.3) is 10.2 Å². The zero-order chi connectivity index (χ0) is 21.2. The number of carbonyl (C=O) groups excluding carboxylic acids is 2. The normalized spacial score (nSPS) is 14.9. The second-order valence-corrected chi connectivity index (χ2v) is 8.75. The predicted molar refractivity (Wildman–Crippen MR) is 120 cm³/mol. The number of fused-ring (bicyclic) bond motifs is 1. The van der Waals surface area contributed by atoms with Crippen LogP contribution >= 0.6 is 11.3 Å². The van der Waals surface area contributed by atoms with Gasteiger partial charge >= 0.3 is 0 Å². The number of ether oxygens (including phenoxy) is 1. The van der Waals surface area contributed by atoms with Crippen molar-refractivity contribution < 1.29 is 14.3 Å². The van der Waals surface area contributed by atoms with E-state index in [1.54, 1.807) is 18.4 Å². The van der Waals surface area contributed by atoms with E-state index in [2.05, 4.69) is 21.3 Å². The first-order valence-corrected chi connectivity index (χ1v) is 11.6. The highest BCUT2D eigenvalue weighted by molar-refractivity contribution is 7.18. The van der Waals surface area contributed by atoms with Crippen LogP contribution in [0.5, 0.6) is 0 Å². The molecule has 0 atom stereocenters. The van der Waals surface area contributed by atoms with E-state index in [1.165, 1.54) is 4.70 Å². The van der Waals surface area contributed by atoms with Crippen LogP contribution in [0.15, 0.2) is 24.3 Å². The molecule has 1 aromatic heterocycles. The maximum absolute atomic E-state index is 12.5. The number of nitrogens with zero attached hydrogens (tertiary/aromatic N) is 3. The average Bonchev–Trinajstić information content (AvgIpc) is 3.17. The Morgan fingerprint density at radius 2 is 1.93 bits per heavy atom. The quantitative estimate of drug-likeness (QED) is 0.552. The van der Waals surface area contributed by atoms with Crippen LogP contribution in [0.1, 0.15) is 30.7 Å². The summed E-state index contributed by atoms with van der Waals surface area (Å²) in [6.07, 6.45) is 4.21. The Hall–Kier alpha value is -2.03. The van der Waals surface area contributed by atoms with Crippen LogP contribution in [0, 0.1) is 0 Å². The number of hydrogen-bond donors (Lipinski definition) is 1. The van der Waals surface area contributed by atoms with Crippen molar-refractivity contribution in [1.29, 1.82) is 0 Å². The molecule has 1 saturated heterocycles. The summed E-state index contributed by atoms with van der Waals surface area (Å²) in [5, 5.41) is 4.06. The van der Waals surface area contributed by atoms with Gasteiger partial charge in [-0.15, -0.1) is 11.3 Å². The highest BCUT2D eigenvalue weighted by atomic mass is 32.1. The van der Waals surface area contributed by atoms with Gasteiger partial charge in [0.1, 0.15) is 0 Å². The van der Waals surface area contributed by atoms with E-state index in [1.807, 2.05) is 23.1 Å². The van der Waals surface area contributed by atoms with Crippen molar-refractivity contribution >= 4 is 33.4 Å². The molecule has 0 unspecified atom stereocenters. The molecule has 0 spiro atoms. The summed E-state index contributed by atoms with van der Waals surface area (Å²) in [7, 11) is 1.66. The molecule has 7 nitrogen and oxygen atoms in total. The molecule has 1 N–H and O–H groups in total. The summed E-state index contributed by atoms with van der Waals surface area (Å²) in [4.78, 5) is 33.2. The molecule has 0 saturated carbocycles. The van der Waals surface area contributed by atoms with Gasteiger partial charge in [0.2, 0.25) is 11.8 Å². The van der Waals surface area contributed by atoms with Crippen LogP contribution in [0.3, 0.4) is 0 Å². The number of methoxy groups -OCH3 is 1. The minimum atomic E-state index is 0.0423. The Morgan fingerprint density at radius 3 is 2.70 bits per heavy atom. The first kappa shape index (κ1) is 22.7. The molecule has 1 aliphatic heterocycles. The van der Waals surface area contributed by atoms with Crippen molar-refractivity contribution in [2.24, 2.45) is 0 Å². The fraction of sp³-hybridized carbons (Fsp3) is 0.591. The zero-order valence-corrected chi connectivity index (χ0v) is 18.6. The number of amides is 2. The Kier molecular flexibility index (Phi) is 9.04. The molecule has 0 radical (unpaired) electrons. The van der Waals surface area contributed by atoms with Crippen LogP contribution in [0.4, 0.5) is 0 Å². The Labute approximate surface area is 182 Å². The van der Waals surface area contributed by atoms with E-state index >= 15 is 0 Å². The van der Waals surface area contributed by atoms with Crippen LogP contribution in [-0.2, 0) is 20.7 Å². The lowest BCUT2D eigenvalue weighted by Gasteiger charge is -2.34. The third kappa shape index (κ3) is 7.04. The fourth-order valence-electron chi connectivity index (χ4n) is 3.60. The number of rotatable bonds is 11. The summed E-state index contributed by atoms with van der Waals surface area (Å²) in [6, 6.07) is 8.20. The van der Waals surface area contributed by atoms with Gasteiger partial charge in [-0.05, 0) is 37.8 Å². The van der Waals surface area contributed by atoms with Gasteiger partial charge in [-0.1, -0.05) is 12.1 Å². The molecular weight excluding hydrogens is 400 g/mol. The monoisotopic (exact) mass is 432 g/mol. The standard InChI is InChI=1S/C22H32N4O3S/c1-29-16-6-11-23-20(27)17-25-12-14-26(15-13-25)22(28)10-5-4-9-21-24-18-7-2-3-8-19(18)30-21/h2-3,7-8H,4-6,9-17H2,1H3,(H,23,27). The van der Waals surface area contributed by atoms with Crippen molar-refractivity contribution in [2.45, 2.75) is 32.1 Å². The van der Waals surface area contributed by atoms with E-state index in [0.29, 0.717) is 39.2 Å². The number of piperazine rings is 1. The van der Waals surface area contributed by atoms with E-state index in [0.717, 1.165) is 49.3 Å². The number of nitrogens with one attached hydrogen (secondary N) is 1. The van der Waals surface area contributed by atoms with Crippen molar-refractivity contribution in [3.05, 3.63) is 29.3 Å². The van der Waals surface area contributed by atoms with Crippen LogP contribution in [-0.4, -0.2) is 79.6 Å². The van der Waals surface area contributed by atoms with Gasteiger partial charge in [0, 0.05) is 52.9 Å². The Balaban J connectivity index is 1.28. The lowest BCUT2D eigenvalue weighted by atomic mass is 10.1. The predicted octanol–water partition coefficient (Wildman–Crippen LogP) is 2.31. The molecule has 1 aliphatic rings. The van der Waals surface area contributed by atoms with Gasteiger partial charge in [0.25, 0.3) is 0 Å². The van der Waals surface area contributed by atoms with E-state index in [9.17, 15) is 9.59 Å². The number of hydrogen-bond acceptors (Lipinski definition) is 6. The number of benzene rings is 1. The third-order valence-corrected chi connectivity index (χ3v) is 6.41. The number of thiazole rings is 1. The first-order chi connectivity index (χ1) is 14.7. The number of aryl methyl sites for hydroxylation is 1. The molecule has 8 heteroatoms. The minimum Gasteiger partial charge on any atom is -0.385 e. The molecule has 2 heterocycles. The van der Waals surface area contributed by atoms with Gasteiger partial charge in [0.05, 0.1) is 21.8 Å². The molecule has 2 amide bonds. The summed E-state index contributed by atoms with van der Waals surface area (Å²) in [5.74, 6) is 0.267. The molecule has 30 heavy (non-hydrogen) atoms. The lowest BCUT2D eigenvalue weighted by molar-refractivity contribution is -0.133. The summed E-state index contributed by atoms with van der Waals surface area (Å²) >= 11 is 1.75. The van der Waals surface area contributed by atoms with Crippen molar-refractivity contribution in [2.75, 3.05) is 53.0 Å². The van der Waals surface area contributed by atoms with Crippen LogP contribution in [0.2, 0.25) is 0 Å². The minimum absolute atomic E-state index is 0.0423. The highest BCUT2D eigenvalue weighted by Gasteiger charge is 2.22. The molecule has 1 aromatic carbocycles. The summed E-state index contributed by atoms with van der Waals surface area (Å²) < 4.78 is 6.20. The van der Waals surface area contributed by atoms with Gasteiger partial charge in [-0.3, -0.25) is 14.5 Å². The number of carbonyl (C=O) groups is 2. The van der Waals surface area contributed by atoms with Crippen molar-refractivity contribution in [1.82, 2.24) is 20.1 Å². The lowest BCUT2D eigenvalue weighted by Crippen LogP contribution is -2.51. The van der Waals surface area contributed by atoms with E-state index in [4.69, 9.17) is 4.74 Å². The summed E-state index contributed by atoms with van der Waals surface area (Å²) in [6.45, 7) is 4.61. The number of unbranched alkanes of at least 4 members (excludes halogenated alkanes) is 1. The number of aromatic nitrogens is 1. The summed E-state index contributed by atoms with van der Waals surface area (Å²) in [5.41, 5.74) is 1.06. The second kappa shape index (κ2) is 12.0. The van der Waals surface area contributed by atoms with Crippen LogP contribution < -0.4 is 5.32 Å². The van der Waals surface area contributed by atoms with Crippen molar-refractivity contribution in [3.8, 4) is 0 Å². The van der Waals surface area contributed by atoms with Crippen molar-refractivity contribution in [3.63, 3.8) is 0 Å². The molecule has 1 fully saturated rings.